The quantitative estimate of drug-likeness (QED) is 0.859. The summed E-state index contributed by atoms with van der Waals surface area (Å²) in [6.07, 6.45) is 3.87. The summed E-state index contributed by atoms with van der Waals surface area (Å²) in [5, 5.41) is 9.28. The molecule has 2 aliphatic heterocycles. The normalized spacial score (nSPS) is 16.1. The maximum Gasteiger partial charge on any atom is 0.332 e. The van der Waals surface area contributed by atoms with Gasteiger partial charge in [-0.15, -0.1) is 0 Å². The van der Waals surface area contributed by atoms with Crippen molar-refractivity contribution < 1.29 is 14.7 Å². The number of carbonyl (C=O) groups excluding carboxylic acids is 1. The fraction of sp³-hybridized carbons (Fsp3) is 0.227. The fourth-order valence-corrected chi connectivity index (χ4v) is 3.62. The van der Waals surface area contributed by atoms with Gasteiger partial charge in [0.25, 0.3) is 5.91 Å². The molecule has 0 radical (unpaired) electrons. The molecule has 1 saturated heterocycles. The lowest BCUT2D eigenvalue weighted by Gasteiger charge is -2.15. The number of amidine groups is 1. The van der Waals surface area contributed by atoms with Crippen LogP contribution < -0.4 is 5.73 Å². The summed E-state index contributed by atoms with van der Waals surface area (Å²) in [7, 11) is 0. The molecule has 2 aliphatic rings. The van der Waals surface area contributed by atoms with Crippen LogP contribution >= 0.6 is 0 Å². The zero-order chi connectivity index (χ0) is 19.7. The summed E-state index contributed by atoms with van der Waals surface area (Å²) >= 11 is 0. The van der Waals surface area contributed by atoms with Gasteiger partial charge < -0.3 is 15.7 Å². The highest BCUT2D eigenvalue weighted by Gasteiger charge is 2.19. The molecule has 0 aliphatic carbocycles. The Morgan fingerprint density at radius 1 is 1.00 bits per heavy atom. The minimum Gasteiger partial charge on any atom is -0.478 e. The Morgan fingerprint density at radius 2 is 1.68 bits per heavy atom. The molecule has 142 valence electrons. The van der Waals surface area contributed by atoms with Gasteiger partial charge in [0.1, 0.15) is 5.84 Å². The molecule has 0 atom stereocenters. The molecule has 0 spiro atoms. The van der Waals surface area contributed by atoms with Crippen LogP contribution in [0.3, 0.4) is 0 Å². The second kappa shape index (κ2) is 7.31. The van der Waals surface area contributed by atoms with E-state index in [9.17, 15) is 14.7 Å². The lowest BCUT2D eigenvalue weighted by atomic mass is 10.00. The average Bonchev–Trinajstić information content (AvgIpc) is 3.17. The largest absolute Gasteiger partial charge is 0.478 e. The molecule has 2 aromatic rings. The molecule has 2 aromatic carbocycles. The molecular weight excluding hydrogens is 354 g/mol. The van der Waals surface area contributed by atoms with Crippen LogP contribution in [0, 0.1) is 0 Å². The summed E-state index contributed by atoms with van der Waals surface area (Å²) in [5.41, 5.74) is 10.1. The molecule has 2 heterocycles. The van der Waals surface area contributed by atoms with Crippen molar-refractivity contribution in [3.05, 3.63) is 59.2 Å². The van der Waals surface area contributed by atoms with Crippen LogP contribution in [-0.2, 0) is 4.79 Å². The highest BCUT2D eigenvalue weighted by atomic mass is 16.4. The number of aliphatic imine (C=N–C) groups is 1. The topological polar surface area (TPSA) is 96.0 Å². The molecular formula is C22H21N3O3. The van der Waals surface area contributed by atoms with Gasteiger partial charge in [-0.05, 0) is 48.2 Å². The molecule has 0 unspecified atom stereocenters. The highest BCUT2D eigenvalue weighted by molar-refractivity contribution is 6.02. The maximum absolute atomic E-state index is 12.5. The molecule has 0 bridgehead atoms. The molecule has 1 fully saturated rings. The van der Waals surface area contributed by atoms with E-state index in [1.807, 2.05) is 47.4 Å². The predicted molar refractivity (Wildman–Crippen MR) is 109 cm³/mol. The molecule has 28 heavy (non-hydrogen) atoms. The number of fused-ring (bicyclic) bond motifs is 1. The van der Waals surface area contributed by atoms with Gasteiger partial charge in [-0.3, -0.25) is 4.79 Å². The smallest absolute Gasteiger partial charge is 0.332 e. The van der Waals surface area contributed by atoms with Crippen LogP contribution in [0.5, 0.6) is 0 Å². The van der Waals surface area contributed by atoms with Crippen LogP contribution in [0.2, 0.25) is 0 Å². The van der Waals surface area contributed by atoms with Gasteiger partial charge in [0.2, 0.25) is 0 Å². The number of hydrogen-bond donors (Lipinski definition) is 2. The lowest BCUT2D eigenvalue weighted by Crippen LogP contribution is -2.27. The fourth-order valence-electron chi connectivity index (χ4n) is 3.62. The number of nitrogens with zero attached hydrogens (tertiary/aromatic N) is 2. The number of carbonyl (C=O) groups is 2. The third-order valence-electron chi connectivity index (χ3n) is 5.13. The van der Waals surface area contributed by atoms with Gasteiger partial charge >= 0.3 is 5.97 Å². The van der Waals surface area contributed by atoms with Crippen molar-refractivity contribution in [3.63, 3.8) is 0 Å². The molecule has 3 N–H and O–H groups in total. The van der Waals surface area contributed by atoms with Crippen molar-refractivity contribution >= 4 is 29.5 Å². The second-order valence-corrected chi connectivity index (χ2v) is 7.10. The summed E-state index contributed by atoms with van der Waals surface area (Å²) in [4.78, 5) is 30.1. The van der Waals surface area contributed by atoms with Gasteiger partial charge in [0, 0.05) is 36.2 Å². The number of benzene rings is 2. The first kappa shape index (κ1) is 18.0. The van der Waals surface area contributed by atoms with Gasteiger partial charge in [-0.25, -0.2) is 9.79 Å². The number of carboxylic acids is 1. The zero-order valence-corrected chi connectivity index (χ0v) is 15.4. The number of aliphatic carboxylic acids is 1. The zero-order valence-electron chi connectivity index (χ0n) is 15.4. The van der Waals surface area contributed by atoms with E-state index in [4.69, 9.17) is 5.73 Å². The van der Waals surface area contributed by atoms with E-state index in [-0.39, 0.29) is 23.7 Å². The monoisotopic (exact) mass is 375 g/mol. The first-order valence-corrected chi connectivity index (χ1v) is 9.32. The Balaban J connectivity index is 1.63. The predicted octanol–water partition coefficient (Wildman–Crippen LogP) is 3.45. The van der Waals surface area contributed by atoms with E-state index >= 15 is 0 Å². The first-order valence-electron chi connectivity index (χ1n) is 9.32. The summed E-state index contributed by atoms with van der Waals surface area (Å²) in [6.45, 7) is 1.66. The van der Waals surface area contributed by atoms with Crippen LogP contribution in [0.15, 0.2) is 53.0 Å². The van der Waals surface area contributed by atoms with E-state index in [0.29, 0.717) is 11.3 Å². The van der Waals surface area contributed by atoms with E-state index in [0.717, 1.165) is 42.6 Å². The maximum atomic E-state index is 12.5. The van der Waals surface area contributed by atoms with Gasteiger partial charge in [-0.1, -0.05) is 24.3 Å². The molecule has 1 amide bonds. The summed E-state index contributed by atoms with van der Waals surface area (Å²) in [6, 6.07) is 13.2. The van der Waals surface area contributed by atoms with Crippen molar-refractivity contribution in [1.29, 1.82) is 0 Å². The minimum atomic E-state index is -0.992. The highest BCUT2D eigenvalue weighted by Crippen LogP contribution is 2.32. The van der Waals surface area contributed by atoms with E-state index < -0.39 is 5.97 Å². The second-order valence-electron chi connectivity index (χ2n) is 7.10. The Kier molecular flexibility index (Phi) is 4.69. The number of nitrogens with two attached hydrogens (primary N) is 1. The van der Waals surface area contributed by atoms with Gasteiger partial charge in [0.05, 0.1) is 5.69 Å². The summed E-state index contributed by atoms with van der Waals surface area (Å²) in [5.74, 6) is -0.640. The van der Waals surface area contributed by atoms with Crippen molar-refractivity contribution in [2.75, 3.05) is 13.1 Å². The minimum absolute atomic E-state index is 0.0784. The Labute approximate surface area is 163 Å². The van der Waals surface area contributed by atoms with E-state index in [1.165, 1.54) is 0 Å². The van der Waals surface area contributed by atoms with Crippen LogP contribution in [0.4, 0.5) is 5.69 Å². The molecule has 6 heteroatoms. The van der Waals surface area contributed by atoms with E-state index in [2.05, 4.69) is 4.99 Å². The van der Waals surface area contributed by atoms with Crippen molar-refractivity contribution in [2.45, 2.75) is 19.3 Å². The lowest BCUT2D eigenvalue weighted by molar-refractivity contribution is -0.132. The van der Waals surface area contributed by atoms with Crippen molar-refractivity contribution in [3.8, 4) is 11.1 Å². The first-order chi connectivity index (χ1) is 13.5. The Hall–Kier alpha value is -3.41. The number of hydrogen-bond acceptors (Lipinski definition) is 4. The number of rotatable bonds is 3. The summed E-state index contributed by atoms with van der Waals surface area (Å²) < 4.78 is 0. The van der Waals surface area contributed by atoms with Gasteiger partial charge in [-0.2, -0.15) is 0 Å². The number of carboxylic acid groups (broad SMARTS) is 1. The third kappa shape index (κ3) is 3.53. The average molecular weight is 375 g/mol. The molecule has 0 aromatic heterocycles. The molecule has 6 nitrogen and oxygen atoms in total. The Morgan fingerprint density at radius 3 is 2.36 bits per heavy atom. The van der Waals surface area contributed by atoms with Crippen molar-refractivity contribution in [2.24, 2.45) is 10.7 Å². The molecule has 4 rings (SSSR count). The van der Waals surface area contributed by atoms with Gasteiger partial charge in [0.15, 0.2) is 0 Å². The van der Waals surface area contributed by atoms with Crippen LogP contribution in [-0.4, -0.2) is 40.8 Å². The molecule has 0 saturated carbocycles. The number of amides is 1. The SMILES string of the molecule is NC1=Nc2cc(-c3ccc(C(=O)N4CCCC4)cc3)ccc2C=C(C(=O)O)C1. The third-order valence-corrected chi connectivity index (χ3v) is 5.13. The number of likely N-dealkylation sites (tertiary alicyclic amines) is 1. The van der Waals surface area contributed by atoms with Crippen LogP contribution in [0.25, 0.3) is 17.2 Å². The Bertz CT molecular complexity index is 1000. The standard InChI is InChI=1S/C22H21N3O3/c23-20-13-18(22(27)28)11-17-8-7-16(12-19(17)24-20)14-3-5-15(6-4-14)21(26)25-9-1-2-10-25/h3-8,11-12H,1-2,9-10,13H2,(H2,23,24)(H,27,28). The van der Waals surface area contributed by atoms with Crippen LogP contribution in [0.1, 0.15) is 35.2 Å². The van der Waals surface area contributed by atoms with Crippen molar-refractivity contribution in [1.82, 2.24) is 4.90 Å². The van der Waals surface area contributed by atoms with E-state index in [1.54, 1.807) is 6.08 Å².